The fourth-order valence-corrected chi connectivity index (χ4v) is 5.19. The first-order valence-electron chi connectivity index (χ1n) is 10.4. The van der Waals surface area contributed by atoms with Gasteiger partial charge in [-0.3, -0.25) is 0 Å². The SMILES string of the molecule is c1ccc(-c2ccc3c(-c4nccs4)c4ccccc4c(-c4ccccc4)c3c2)cc1. The van der Waals surface area contributed by atoms with Crippen LogP contribution in [0.5, 0.6) is 0 Å². The third-order valence-corrected chi connectivity index (χ3v) is 6.63. The third-order valence-electron chi connectivity index (χ3n) is 5.84. The van der Waals surface area contributed by atoms with Crippen LogP contribution < -0.4 is 0 Å². The van der Waals surface area contributed by atoms with Crippen molar-refractivity contribution in [2.45, 2.75) is 0 Å². The van der Waals surface area contributed by atoms with Crippen molar-refractivity contribution in [3.8, 4) is 32.8 Å². The fraction of sp³-hybridized carbons (Fsp3) is 0. The van der Waals surface area contributed by atoms with Crippen LogP contribution in [-0.4, -0.2) is 4.98 Å². The highest BCUT2D eigenvalue weighted by molar-refractivity contribution is 7.13. The van der Waals surface area contributed by atoms with E-state index in [1.165, 1.54) is 49.4 Å². The van der Waals surface area contributed by atoms with Crippen molar-refractivity contribution < 1.29 is 0 Å². The predicted molar refractivity (Wildman–Crippen MR) is 133 cm³/mol. The first-order chi connectivity index (χ1) is 15.4. The summed E-state index contributed by atoms with van der Waals surface area (Å²) in [6.07, 6.45) is 1.89. The molecule has 0 aliphatic rings. The Balaban J connectivity index is 1.80. The van der Waals surface area contributed by atoms with Gasteiger partial charge in [-0.15, -0.1) is 11.3 Å². The zero-order chi connectivity index (χ0) is 20.6. The molecule has 0 saturated carbocycles. The molecule has 0 unspecified atom stereocenters. The number of benzene rings is 5. The van der Waals surface area contributed by atoms with Crippen molar-refractivity contribution in [3.05, 3.63) is 115 Å². The van der Waals surface area contributed by atoms with E-state index in [-0.39, 0.29) is 0 Å². The van der Waals surface area contributed by atoms with E-state index >= 15 is 0 Å². The average Bonchev–Trinajstić information content (AvgIpc) is 3.37. The lowest BCUT2D eigenvalue weighted by molar-refractivity contribution is 1.43. The van der Waals surface area contributed by atoms with Crippen molar-refractivity contribution in [2.75, 3.05) is 0 Å². The van der Waals surface area contributed by atoms with Crippen molar-refractivity contribution in [1.82, 2.24) is 4.98 Å². The zero-order valence-electron chi connectivity index (χ0n) is 16.8. The van der Waals surface area contributed by atoms with Crippen LogP contribution >= 0.6 is 11.3 Å². The standard InChI is InChI=1S/C29H19NS/c1-3-9-20(10-4-1)22-15-16-25-26(19-22)27(21-11-5-2-6-12-21)23-13-7-8-14-24(23)28(25)29-30-17-18-31-29/h1-19H. The first kappa shape index (κ1) is 18.1. The van der Waals surface area contributed by atoms with E-state index < -0.39 is 0 Å². The second-order valence-electron chi connectivity index (χ2n) is 7.63. The Morgan fingerprint density at radius 1 is 0.484 bits per heavy atom. The Bertz CT molecular complexity index is 1500. The molecule has 6 aromatic rings. The largest absolute Gasteiger partial charge is 0.245 e. The predicted octanol–water partition coefficient (Wildman–Crippen LogP) is 8.45. The molecule has 146 valence electrons. The van der Waals surface area contributed by atoms with Crippen molar-refractivity contribution in [2.24, 2.45) is 0 Å². The van der Waals surface area contributed by atoms with Gasteiger partial charge in [0.05, 0.1) is 0 Å². The van der Waals surface area contributed by atoms with E-state index in [1.54, 1.807) is 11.3 Å². The molecular formula is C29H19NS. The van der Waals surface area contributed by atoms with E-state index in [0.717, 1.165) is 5.01 Å². The first-order valence-corrected chi connectivity index (χ1v) is 11.3. The number of rotatable bonds is 3. The van der Waals surface area contributed by atoms with Gasteiger partial charge in [-0.2, -0.15) is 0 Å². The number of aromatic nitrogens is 1. The maximum absolute atomic E-state index is 4.69. The molecule has 0 fully saturated rings. The number of nitrogens with zero attached hydrogens (tertiary/aromatic N) is 1. The number of thiazole rings is 1. The van der Waals surface area contributed by atoms with Gasteiger partial charge in [0.15, 0.2) is 0 Å². The van der Waals surface area contributed by atoms with Crippen molar-refractivity contribution in [1.29, 1.82) is 0 Å². The molecular weight excluding hydrogens is 394 g/mol. The minimum absolute atomic E-state index is 1.06. The zero-order valence-corrected chi connectivity index (χ0v) is 17.6. The molecule has 0 bridgehead atoms. The summed E-state index contributed by atoms with van der Waals surface area (Å²) in [6, 6.07) is 36.9. The summed E-state index contributed by atoms with van der Waals surface area (Å²) in [6.45, 7) is 0. The van der Waals surface area contributed by atoms with E-state index in [4.69, 9.17) is 0 Å². The molecule has 0 aliphatic carbocycles. The van der Waals surface area contributed by atoms with E-state index in [2.05, 4.69) is 113 Å². The third kappa shape index (κ3) is 3.04. The van der Waals surface area contributed by atoms with Gasteiger partial charge in [-0.25, -0.2) is 4.98 Å². The molecule has 1 aromatic heterocycles. The van der Waals surface area contributed by atoms with Gasteiger partial charge in [-0.05, 0) is 49.9 Å². The Morgan fingerprint density at radius 2 is 1.10 bits per heavy atom. The van der Waals surface area contributed by atoms with Gasteiger partial charge in [0.1, 0.15) is 5.01 Å². The Morgan fingerprint density at radius 3 is 1.77 bits per heavy atom. The van der Waals surface area contributed by atoms with Crippen LogP contribution in [0.2, 0.25) is 0 Å². The number of hydrogen-bond acceptors (Lipinski definition) is 2. The molecule has 31 heavy (non-hydrogen) atoms. The molecule has 1 nitrogen and oxygen atoms in total. The van der Waals surface area contributed by atoms with Crippen LogP contribution in [0.4, 0.5) is 0 Å². The van der Waals surface area contributed by atoms with Crippen LogP contribution in [0.25, 0.3) is 54.4 Å². The lowest BCUT2D eigenvalue weighted by Gasteiger charge is -2.17. The molecule has 2 heteroatoms. The summed E-state index contributed by atoms with van der Waals surface area (Å²) in [5.41, 5.74) is 6.20. The minimum atomic E-state index is 1.06. The second kappa shape index (κ2) is 7.50. The van der Waals surface area contributed by atoms with Crippen LogP contribution in [0.15, 0.2) is 115 Å². The summed E-state index contributed by atoms with van der Waals surface area (Å²) in [5.74, 6) is 0. The normalized spacial score (nSPS) is 11.2. The quantitative estimate of drug-likeness (QED) is 0.265. The van der Waals surface area contributed by atoms with Gasteiger partial charge in [0, 0.05) is 17.1 Å². The molecule has 1 heterocycles. The van der Waals surface area contributed by atoms with E-state index in [9.17, 15) is 0 Å². The maximum Gasteiger partial charge on any atom is 0.124 e. The molecule has 0 radical (unpaired) electrons. The van der Waals surface area contributed by atoms with Crippen LogP contribution in [0, 0.1) is 0 Å². The van der Waals surface area contributed by atoms with Crippen molar-refractivity contribution in [3.63, 3.8) is 0 Å². The molecule has 0 spiro atoms. The summed E-state index contributed by atoms with van der Waals surface area (Å²) in [4.78, 5) is 4.69. The Kier molecular flexibility index (Phi) is 4.37. The molecule has 0 aliphatic heterocycles. The van der Waals surface area contributed by atoms with Crippen LogP contribution in [-0.2, 0) is 0 Å². The molecule has 0 saturated heterocycles. The van der Waals surface area contributed by atoms with Crippen LogP contribution in [0.1, 0.15) is 0 Å². The smallest absolute Gasteiger partial charge is 0.124 e. The highest BCUT2D eigenvalue weighted by atomic mass is 32.1. The number of fused-ring (bicyclic) bond motifs is 2. The summed E-state index contributed by atoms with van der Waals surface area (Å²) in [7, 11) is 0. The molecule has 0 amide bonds. The highest BCUT2D eigenvalue weighted by Crippen LogP contribution is 2.44. The molecule has 0 atom stereocenters. The average molecular weight is 414 g/mol. The fourth-order valence-electron chi connectivity index (χ4n) is 4.48. The lowest BCUT2D eigenvalue weighted by Crippen LogP contribution is -1.91. The summed E-state index contributed by atoms with van der Waals surface area (Å²) < 4.78 is 0. The van der Waals surface area contributed by atoms with Gasteiger partial charge >= 0.3 is 0 Å². The van der Waals surface area contributed by atoms with E-state index in [1.807, 2.05) is 6.20 Å². The Labute approximate surface area is 185 Å². The van der Waals surface area contributed by atoms with Gasteiger partial charge in [-0.1, -0.05) is 97.1 Å². The van der Waals surface area contributed by atoms with Gasteiger partial charge in [0.25, 0.3) is 0 Å². The highest BCUT2D eigenvalue weighted by Gasteiger charge is 2.18. The second-order valence-corrected chi connectivity index (χ2v) is 8.52. The molecule has 5 aromatic carbocycles. The topological polar surface area (TPSA) is 12.9 Å². The lowest BCUT2D eigenvalue weighted by atomic mass is 9.87. The maximum atomic E-state index is 4.69. The minimum Gasteiger partial charge on any atom is -0.245 e. The summed E-state index contributed by atoms with van der Waals surface area (Å²) in [5, 5.41) is 8.13. The molecule has 6 rings (SSSR count). The van der Waals surface area contributed by atoms with E-state index in [0.29, 0.717) is 0 Å². The molecule has 0 N–H and O–H groups in total. The van der Waals surface area contributed by atoms with Gasteiger partial charge < -0.3 is 0 Å². The van der Waals surface area contributed by atoms with Crippen molar-refractivity contribution >= 4 is 32.9 Å². The van der Waals surface area contributed by atoms with Crippen LogP contribution in [0.3, 0.4) is 0 Å². The monoisotopic (exact) mass is 413 g/mol. The Hall–Kier alpha value is -3.75. The van der Waals surface area contributed by atoms with Gasteiger partial charge in [0.2, 0.25) is 0 Å². The summed E-state index contributed by atoms with van der Waals surface area (Å²) >= 11 is 1.70. The number of hydrogen-bond donors (Lipinski definition) is 0.